The van der Waals surface area contributed by atoms with Crippen molar-refractivity contribution in [1.82, 2.24) is 4.98 Å². The molecule has 0 atom stereocenters. The van der Waals surface area contributed by atoms with E-state index in [1.54, 1.807) is 31.3 Å². The first kappa shape index (κ1) is 28.1. The van der Waals surface area contributed by atoms with Gasteiger partial charge in [0.2, 0.25) is 5.88 Å². The lowest BCUT2D eigenvalue weighted by Gasteiger charge is -2.37. The van der Waals surface area contributed by atoms with Gasteiger partial charge in [0.25, 0.3) is 0 Å². The van der Waals surface area contributed by atoms with Crippen molar-refractivity contribution >= 4 is 45.8 Å². The third-order valence-corrected chi connectivity index (χ3v) is 8.36. The summed E-state index contributed by atoms with van der Waals surface area (Å²) < 4.78 is 47.0. The molecule has 0 spiro atoms. The second-order valence-electron chi connectivity index (χ2n) is 9.59. The number of anilines is 1. The molecule has 40 heavy (non-hydrogen) atoms. The number of halogens is 4. The summed E-state index contributed by atoms with van der Waals surface area (Å²) in [5, 5.41) is 20.6. The van der Waals surface area contributed by atoms with Crippen molar-refractivity contribution in [3.8, 4) is 5.88 Å². The van der Waals surface area contributed by atoms with Gasteiger partial charge in [0.15, 0.2) is 5.13 Å². The van der Waals surface area contributed by atoms with Gasteiger partial charge in [0.1, 0.15) is 5.54 Å². The van der Waals surface area contributed by atoms with Crippen LogP contribution >= 0.6 is 22.9 Å². The number of ether oxygens (including phenoxy) is 1. The molecule has 0 bridgehead atoms. The zero-order valence-corrected chi connectivity index (χ0v) is 22.9. The van der Waals surface area contributed by atoms with Crippen molar-refractivity contribution < 1.29 is 27.8 Å². The summed E-state index contributed by atoms with van der Waals surface area (Å²) >= 11 is 7.07. The van der Waals surface area contributed by atoms with Gasteiger partial charge < -0.3 is 20.5 Å². The number of alkyl halides is 3. The average molecular weight is 592 g/mol. The zero-order chi connectivity index (χ0) is 28.7. The monoisotopic (exact) mass is 591 g/mol. The number of aromatic hydroxyl groups is 1. The number of fused-ring (bicyclic) bond motifs is 1. The van der Waals surface area contributed by atoms with Gasteiger partial charge >= 0.3 is 12.1 Å². The highest BCUT2D eigenvalue weighted by atomic mass is 35.5. The van der Waals surface area contributed by atoms with Crippen LogP contribution in [0.4, 0.5) is 18.3 Å². The van der Waals surface area contributed by atoms with Crippen LogP contribution in [0.15, 0.2) is 46.6 Å². The van der Waals surface area contributed by atoms with E-state index in [4.69, 9.17) is 22.1 Å². The third kappa shape index (κ3) is 5.56. The van der Waals surface area contributed by atoms with E-state index in [9.17, 15) is 23.1 Å². The maximum absolute atomic E-state index is 14.0. The highest BCUT2D eigenvalue weighted by molar-refractivity contribution is 7.17. The van der Waals surface area contributed by atoms with E-state index in [2.05, 4.69) is 15.2 Å². The van der Waals surface area contributed by atoms with Gasteiger partial charge in [-0.15, -0.1) is 0 Å². The molecule has 0 saturated carbocycles. The van der Waals surface area contributed by atoms with Crippen molar-refractivity contribution in [2.24, 2.45) is 15.9 Å². The number of esters is 1. The fourth-order valence-electron chi connectivity index (χ4n) is 4.77. The molecule has 1 fully saturated rings. The number of thiazole rings is 1. The predicted molar refractivity (Wildman–Crippen MR) is 146 cm³/mol. The van der Waals surface area contributed by atoms with Crippen LogP contribution in [-0.4, -0.2) is 47.5 Å². The first-order valence-corrected chi connectivity index (χ1v) is 13.7. The molecule has 0 unspecified atom stereocenters. The summed E-state index contributed by atoms with van der Waals surface area (Å²) in [5.41, 5.74) is 5.49. The molecule has 13 heteroatoms. The Morgan fingerprint density at radius 2 is 1.98 bits per heavy atom. The number of hydrogen-bond donors (Lipinski definition) is 2. The molecule has 2 aliphatic rings. The van der Waals surface area contributed by atoms with E-state index >= 15 is 0 Å². The molecule has 1 aromatic heterocycles. The number of nitrogens with two attached hydrogens (primary N) is 1. The standard InChI is InChI=1S/C27H25ClF3N5O3S/c1-2-39-24(38)26(32)7-9-36(10-8-26)25-34-23(37)22(40-25)19(15-4-6-21-17(11-15)14-33-35-21)12-16-3-5-18(28)13-20(16)27(29,30)31/h3-6,11,13-14,37H,2,7-10,12,32H2,1H3. The molecule has 2 aromatic carbocycles. The number of carbonyl (C=O) groups is 1. The minimum atomic E-state index is -4.63. The van der Waals surface area contributed by atoms with Crippen LogP contribution in [0.25, 0.3) is 5.57 Å². The Labute approximate surface area is 236 Å². The Bertz CT molecular complexity index is 1610. The number of hydrogen-bond acceptors (Lipinski definition) is 9. The van der Waals surface area contributed by atoms with E-state index in [-0.39, 0.29) is 29.5 Å². The van der Waals surface area contributed by atoms with Gasteiger partial charge in [-0.05, 0) is 60.4 Å². The van der Waals surface area contributed by atoms with Crippen molar-refractivity contribution in [2.75, 3.05) is 24.6 Å². The lowest BCUT2D eigenvalue weighted by Crippen LogP contribution is -2.56. The average Bonchev–Trinajstić information content (AvgIpc) is 3.54. The van der Waals surface area contributed by atoms with Crippen LogP contribution in [0.1, 0.15) is 41.3 Å². The Hall–Kier alpha value is -3.48. The van der Waals surface area contributed by atoms with Crippen molar-refractivity contribution in [1.29, 1.82) is 0 Å². The normalized spacial score (nSPS) is 16.9. The van der Waals surface area contributed by atoms with Gasteiger partial charge in [-0.1, -0.05) is 35.1 Å². The quantitative estimate of drug-likeness (QED) is 0.422. The number of benzene rings is 2. The number of piperidine rings is 1. The van der Waals surface area contributed by atoms with Crippen LogP contribution in [0, 0.1) is 0 Å². The summed E-state index contributed by atoms with van der Waals surface area (Å²) in [6.07, 6.45) is -2.56. The summed E-state index contributed by atoms with van der Waals surface area (Å²) in [6, 6.07) is 8.88. The van der Waals surface area contributed by atoms with Crippen LogP contribution < -0.4 is 21.2 Å². The molecule has 210 valence electrons. The molecule has 0 aliphatic carbocycles. The predicted octanol–water partition coefficient (Wildman–Crippen LogP) is 3.79. The highest BCUT2D eigenvalue weighted by Gasteiger charge is 2.40. The minimum absolute atomic E-state index is 0.000396. The lowest BCUT2D eigenvalue weighted by molar-refractivity contribution is -0.150. The van der Waals surface area contributed by atoms with Crippen LogP contribution in [0.5, 0.6) is 5.88 Å². The highest BCUT2D eigenvalue weighted by Crippen LogP contribution is 2.40. The lowest BCUT2D eigenvalue weighted by atomic mass is 9.89. The number of nitrogens with zero attached hydrogens (tertiary/aromatic N) is 4. The Balaban J connectivity index is 1.55. The fraction of sp³-hybridized carbons (Fsp3) is 0.333. The number of rotatable bonds is 6. The van der Waals surface area contributed by atoms with E-state index in [0.717, 1.165) is 17.4 Å². The van der Waals surface area contributed by atoms with E-state index in [0.29, 0.717) is 57.7 Å². The van der Waals surface area contributed by atoms with E-state index < -0.39 is 23.2 Å². The molecule has 3 heterocycles. The van der Waals surface area contributed by atoms with E-state index in [1.165, 1.54) is 12.1 Å². The smallest absolute Gasteiger partial charge is 0.416 e. The molecule has 8 nitrogen and oxygen atoms in total. The molecule has 3 N–H and O–H groups in total. The molecule has 1 saturated heterocycles. The topological polar surface area (TPSA) is 113 Å². The fourth-order valence-corrected chi connectivity index (χ4v) is 6.02. The van der Waals surface area contributed by atoms with Gasteiger partial charge in [-0.25, -0.2) is 0 Å². The second kappa shape index (κ2) is 10.8. The third-order valence-electron chi connectivity index (χ3n) is 6.96. The maximum atomic E-state index is 14.0. The van der Waals surface area contributed by atoms with Crippen LogP contribution in [-0.2, 0) is 22.1 Å². The number of carbonyl (C=O) groups excluding carboxylic acids is 1. The summed E-state index contributed by atoms with van der Waals surface area (Å²) in [4.78, 5) is 18.9. The number of aromatic nitrogens is 1. The first-order valence-electron chi connectivity index (χ1n) is 12.5. The molecule has 0 radical (unpaired) electrons. The Kier molecular flexibility index (Phi) is 7.60. The van der Waals surface area contributed by atoms with Crippen molar-refractivity contribution in [3.63, 3.8) is 0 Å². The van der Waals surface area contributed by atoms with E-state index in [1.807, 2.05) is 4.90 Å². The molecular formula is C27H25ClF3N5O3S. The van der Waals surface area contributed by atoms with Crippen molar-refractivity contribution in [2.45, 2.75) is 37.9 Å². The van der Waals surface area contributed by atoms with Crippen LogP contribution in [0.3, 0.4) is 0 Å². The summed E-state index contributed by atoms with van der Waals surface area (Å²) in [5.74, 6) is -0.755. The maximum Gasteiger partial charge on any atom is 0.416 e. The molecular weight excluding hydrogens is 567 g/mol. The molecule has 5 rings (SSSR count). The SMILES string of the molecule is CCOC(=O)C1(N)CCN(c2nc(O)c(C(Cc3ccc(Cl)cc3C(F)(F)F)=c3ccc4c(c3)C=NN=4)s2)CC1. The molecule has 3 aromatic rings. The van der Waals surface area contributed by atoms with Crippen molar-refractivity contribution in [3.05, 3.63) is 73.6 Å². The summed E-state index contributed by atoms with van der Waals surface area (Å²) in [6.45, 7) is 2.73. The minimum Gasteiger partial charge on any atom is -0.492 e. The molecule has 2 aliphatic heterocycles. The zero-order valence-electron chi connectivity index (χ0n) is 21.3. The Morgan fingerprint density at radius 3 is 2.67 bits per heavy atom. The van der Waals surface area contributed by atoms with Crippen LogP contribution in [0.2, 0.25) is 5.02 Å². The van der Waals surface area contributed by atoms with Gasteiger partial charge in [0.05, 0.1) is 28.6 Å². The Morgan fingerprint density at radius 1 is 1.23 bits per heavy atom. The largest absolute Gasteiger partial charge is 0.492 e. The van der Waals surface area contributed by atoms with Gasteiger partial charge in [-0.3, -0.25) is 4.79 Å². The first-order chi connectivity index (χ1) is 19.0. The molecule has 0 amide bonds. The summed E-state index contributed by atoms with van der Waals surface area (Å²) in [7, 11) is 0. The van der Waals surface area contributed by atoms with Gasteiger partial charge in [-0.2, -0.15) is 28.4 Å². The second-order valence-corrected chi connectivity index (χ2v) is 11.0. The van der Waals surface area contributed by atoms with Gasteiger partial charge in [0, 0.05) is 30.1 Å².